The molecule has 2 aromatic heterocycles. The Hall–Kier alpha value is -1.30. The van der Waals surface area contributed by atoms with Gasteiger partial charge >= 0.3 is 0 Å². The highest BCUT2D eigenvalue weighted by Crippen LogP contribution is 2.23. The van der Waals surface area contributed by atoms with Gasteiger partial charge in [-0.05, 0) is 12.1 Å². The van der Waals surface area contributed by atoms with E-state index in [-0.39, 0.29) is 6.10 Å². The molecular weight excluding hydrogens is 246 g/mol. The van der Waals surface area contributed by atoms with E-state index >= 15 is 0 Å². The second-order valence-corrected chi connectivity index (χ2v) is 5.14. The Bertz CT molecular complexity index is 494. The summed E-state index contributed by atoms with van der Waals surface area (Å²) in [4.78, 5) is 8.76. The van der Waals surface area contributed by atoms with Gasteiger partial charge in [-0.2, -0.15) is 0 Å². The first kappa shape index (κ1) is 11.8. The molecule has 0 radical (unpaired) electrons. The van der Waals surface area contributed by atoms with Gasteiger partial charge in [-0.1, -0.05) is 0 Å². The van der Waals surface area contributed by atoms with E-state index < -0.39 is 0 Å². The molecule has 1 fully saturated rings. The van der Waals surface area contributed by atoms with E-state index in [1.807, 2.05) is 18.3 Å². The first-order valence-electron chi connectivity index (χ1n) is 6.09. The van der Waals surface area contributed by atoms with Crippen LogP contribution in [-0.2, 0) is 11.2 Å². The maximum absolute atomic E-state index is 5.69. The normalized spacial score (nSPS) is 19.9. The standard InChI is InChI=1S/C13H15N3OS/c1-2-10(7-14-3-1)13-16-11(9-18-13)6-12-8-15-4-5-17-12/h1-3,7,9,12,15H,4-6,8H2. The largest absolute Gasteiger partial charge is 0.375 e. The monoisotopic (exact) mass is 261 g/mol. The summed E-state index contributed by atoms with van der Waals surface area (Å²) >= 11 is 1.66. The molecule has 1 unspecified atom stereocenters. The van der Waals surface area contributed by atoms with E-state index in [4.69, 9.17) is 4.74 Å². The molecule has 94 valence electrons. The molecule has 3 rings (SSSR count). The van der Waals surface area contributed by atoms with Crippen molar-refractivity contribution in [3.05, 3.63) is 35.6 Å². The van der Waals surface area contributed by atoms with Crippen LogP contribution in [0.5, 0.6) is 0 Å². The molecule has 3 heterocycles. The number of rotatable bonds is 3. The minimum Gasteiger partial charge on any atom is -0.375 e. The second-order valence-electron chi connectivity index (χ2n) is 4.29. The maximum atomic E-state index is 5.69. The van der Waals surface area contributed by atoms with Gasteiger partial charge in [0.05, 0.1) is 18.4 Å². The first-order chi connectivity index (χ1) is 8.92. The van der Waals surface area contributed by atoms with Gasteiger partial charge in [0.15, 0.2) is 0 Å². The van der Waals surface area contributed by atoms with Crippen molar-refractivity contribution < 1.29 is 4.74 Å². The Morgan fingerprint density at radius 3 is 3.28 bits per heavy atom. The van der Waals surface area contributed by atoms with Gasteiger partial charge in [0.2, 0.25) is 0 Å². The molecule has 5 heteroatoms. The fourth-order valence-electron chi connectivity index (χ4n) is 2.01. The summed E-state index contributed by atoms with van der Waals surface area (Å²) in [6.07, 6.45) is 4.76. The van der Waals surface area contributed by atoms with Crippen LogP contribution in [0.3, 0.4) is 0 Å². The van der Waals surface area contributed by atoms with E-state index in [0.717, 1.165) is 42.4 Å². The quantitative estimate of drug-likeness (QED) is 0.914. The minimum absolute atomic E-state index is 0.252. The van der Waals surface area contributed by atoms with Crippen LogP contribution in [0.2, 0.25) is 0 Å². The highest BCUT2D eigenvalue weighted by Gasteiger charge is 2.15. The van der Waals surface area contributed by atoms with Crippen LogP contribution in [0.4, 0.5) is 0 Å². The van der Waals surface area contributed by atoms with E-state index in [9.17, 15) is 0 Å². The molecular formula is C13H15N3OS. The molecule has 0 saturated carbocycles. The van der Waals surface area contributed by atoms with Crippen molar-refractivity contribution in [1.29, 1.82) is 0 Å². The molecule has 4 nitrogen and oxygen atoms in total. The smallest absolute Gasteiger partial charge is 0.125 e. The number of ether oxygens (including phenoxy) is 1. The zero-order chi connectivity index (χ0) is 12.2. The van der Waals surface area contributed by atoms with Crippen LogP contribution in [0.1, 0.15) is 5.69 Å². The van der Waals surface area contributed by atoms with E-state index in [1.165, 1.54) is 0 Å². The van der Waals surface area contributed by atoms with Crippen molar-refractivity contribution in [1.82, 2.24) is 15.3 Å². The van der Waals surface area contributed by atoms with Crippen molar-refractivity contribution in [2.45, 2.75) is 12.5 Å². The van der Waals surface area contributed by atoms with Crippen LogP contribution >= 0.6 is 11.3 Å². The number of nitrogens with one attached hydrogen (secondary N) is 1. The van der Waals surface area contributed by atoms with Crippen LogP contribution in [0.25, 0.3) is 10.6 Å². The number of pyridine rings is 1. The van der Waals surface area contributed by atoms with Crippen LogP contribution in [0.15, 0.2) is 29.9 Å². The maximum Gasteiger partial charge on any atom is 0.125 e. The number of aromatic nitrogens is 2. The van der Waals surface area contributed by atoms with Crippen molar-refractivity contribution in [2.24, 2.45) is 0 Å². The predicted molar refractivity (Wildman–Crippen MR) is 71.7 cm³/mol. The van der Waals surface area contributed by atoms with Crippen LogP contribution in [0, 0.1) is 0 Å². The Morgan fingerprint density at radius 1 is 1.50 bits per heavy atom. The van der Waals surface area contributed by atoms with Gasteiger partial charge in [-0.25, -0.2) is 4.98 Å². The van der Waals surface area contributed by atoms with Gasteiger partial charge in [0, 0.05) is 42.8 Å². The van der Waals surface area contributed by atoms with E-state index in [0.29, 0.717) is 0 Å². The molecule has 0 bridgehead atoms. The lowest BCUT2D eigenvalue weighted by molar-refractivity contribution is 0.0287. The lowest BCUT2D eigenvalue weighted by Gasteiger charge is -2.22. The Balaban J connectivity index is 1.69. The molecule has 0 amide bonds. The molecule has 0 aliphatic carbocycles. The summed E-state index contributed by atoms with van der Waals surface area (Å²) in [6, 6.07) is 3.97. The van der Waals surface area contributed by atoms with Crippen LogP contribution < -0.4 is 5.32 Å². The Labute approximate surface area is 110 Å². The zero-order valence-electron chi connectivity index (χ0n) is 10.0. The molecule has 1 aliphatic rings. The van der Waals surface area contributed by atoms with Crippen molar-refractivity contribution in [3.63, 3.8) is 0 Å². The number of morpholine rings is 1. The highest BCUT2D eigenvalue weighted by atomic mass is 32.1. The van der Waals surface area contributed by atoms with Gasteiger partial charge in [0.1, 0.15) is 5.01 Å². The summed E-state index contributed by atoms with van der Waals surface area (Å²) in [5, 5.41) is 6.48. The third-order valence-electron chi connectivity index (χ3n) is 2.90. The lowest BCUT2D eigenvalue weighted by Crippen LogP contribution is -2.39. The van der Waals surface area contributed by atoms with E-state index in [1.54, 1.807) is 17.5 Å². The number of hydrogen-bond acceptors (Lipinski definition) is 5. The van der Waals surface area contributed by atoms with E-state index in [2.05, 4.69) is 20.7 Å². The SMILES string of the molecule is c1cncc(-c2nc(CC3CNCCO3)cs2)c1. The molecule has 0 aromatic carbocycles. The number of thiazole rings is 1. The molecule has 1 atom stereocenters. The Morgan fingerprint density at radius 2 is 2.50 bits per heavy atom. The summed E-state index contributed by atoms with van der Waals surface area (Å²) in [5.74, 6) is 0. The molecule has 2 aromatic rings. The zero-order valence-corrected chi connectivity index (χ0v) is 10.8. The summed E-state index contributed by atoms with van der Waals surface area (Å²) in [7, 11) is 0. The second kappa shape index (κ2) is 5.56. The average molecular weight is 261 g/mol. The van der Waals surface area contributed by atoms with Crippen molar-refractivity contribution in [3.8, 4) is 10.6 Å². The fraction of sp³-hybridized carbons (Fsp3) is 0.385. The Kier molecular flexibility index (Phi) is 3.64. The van der Waals surface area contributed by atoms with Crippen LogP contribution in [-0.4, -0.2) is 35.8 Å². The summed E-state index contributed by atoms with van der Waals surface area (Å²) < 4.78 is 5.69. The van der Waals surface area contributed by atoms with Gasteiger partial charge in [-0.3, -0.25) is 4.98 Å². The van der Waals surface area contributed by atoms with Gasteiger partial charge < -0.3 is 10.1 Å². The summed E-state index contributed by atoms with van der Waals surface area (Å²) in [5.41, 5.74) is 2.18. The van der Waals surface area contributed by atoms with Crippen molar-refractivity contribution in [2.75, 3.05) is 19.7 Å². The summed E-state index contributed by atoms with van der Waals surface area (Å²) in [6.45, 7) is 2.67. The van der Waals surface area contributed by atoms with Crippen molar-refractivity contribution >= 4 is 11.3 Å². The number of nitrogens with zero attached hydrogens (tertiary/aromatic N) is 2. The van der Waals surface area contributed by atoms with Gasteiger partial charge in [-0.15, -0.1) is 11.3 Å². The molecule has 18 heavy (non-hydrogen) atoms. The fourth-order valence-corrected chi connectivity index (χ4v) is 2.83. The molecule has 1 aliphatic heterocycles. The first-order valence-corrected chi connectivity index (χ1v) is 6.97. The lowest BCUT2D eigenvalue weighted by atomic mass is 10.2. The van der Waals surface area contributed by atoms with Gasteiger partial charge in [0.25, 0.3) is 0 Å². The molecule has 1 N–H and O–H groups in total. The third kappa shape index (κ3) is 2.75. The molecule has 0 spiro atoms. The highest BCUT2D eigenvalue weighted by molar-refractivity contribution is 7.13. The minimum atomic E-state index is 0.252. The molecule has 1 saturated heterocycles. The predicted octanol–water partition coefficient (Wildman–Crippen LogP) is 1.74. The number of hydrogen-bond donors (Lipinski definition) is 1. The third-order valence-corrected chi connectivity index (χ3v) is 3.84. The average Bonchev–Trinajstić information content (AvgIpc) is 2.89. The topological polar surface area (TPSA) is 47.0 Å².